The highest BCUT2D eigenvalue weighted by Crippen LogP contribution is 2.50. The number of hydrogen-bond acceptors (Lipinski definition) is 2. The van der Waals surface area contributed by atoms with E-state index in [1.165, 1.54) is 21.9 Å². The Hall–Kier alpha value is -2.68. The van der Waals surface area contributed by atoms with Crippen molar-refractivity contribution in [2.24, 2.45) is 0 Å². The van der Waals surface area contributed by atoms with Gasteiger partial charge in [-0.3, -0.25) is 0 Å². The Morgan fingerprint density at radius 3 is 2.19 bits per heavy atom. The molecule has 6 aromatic rings. The van der Waals surface area contributed by atoms with E-state index in [9.17, 15) is 0 Å². The first kappa shape index (κ1) is 17.9. The molecule has 0 saturated carbocycles. The molecule has 0 spiro atoms. The van der Waals surface area contributed by atoms with Crippen molar-refractivity contribution >= 4 is 77.9 Å². The van der Waals surface area contributed by atoms with Gasteiger partial charge in [0.05, 0.1) is 0 Å². The van der Waals surface area contributed by atoms with E-state index in [4.69, 9.17) is 32.0 Å². The molecule has 0 aliphatic heterocycles. The highest BCUT2D eigenvalue weighted by atomic mass is 35.5. The van der Waals surface area contributed by atoms with Gasteiger partial charge in [0.25, 0.3) is 0 Å². The molecule has 4 aromatic carbocycles. The Labute approximate surface area is 188 Å². The van der Waals surface area contributed by atoms with E-state index in [0.29, 0.717) is 10.0 Å². The first-order valence-corrected chi connectivity index (χ1v) is 11.3. The summed E-state index contributed by atoms with van der Waals surface area (Å²) in [6, 6.07) is 16.3. The van der Waals surface area contributed by atoms with Gasteiger partial charge in [0.2, 0.25) is 0 Å². The van der Waals surface area contributed by atoms with Crippen molar-refractivity contribution in [3.05, 3.63) is 69.7 Å². The summed E-state index contributed by atoms with van der Waals surface area (Å²) in [5, 5.41) is 8.33. The van der Waals surface area contributed by atoms with E-state index >= 15 is 0 Å². The smallest absolute Gasteiger partial charge is 0.143 e. The minimum atomic E-state index is 0.0181. The number of rotatable bonds is 0. The summed E-state index contributed by atoms with van der Waals surface area (Å²) in [4.78, 5) is 0. The lowest BCUT2D eigenvalue weighted by atomic mass is 9.70. The minimum absolute atomic E-state index is 0.0181. The quantitative estimate of drug-likeness (QED) is 0.233. The predicted octanol–water partition coefficient (Wildman–Crippen LogP) is 9.17. The van der Waals surface area contributed by atoms with Crippen molar-refractivity contribution in [2.45, 2.75) is 32.1 Å². The monoisotopic (exact) mass is 444 g/mol. The molecule has 0 N–H and O–H groups in total. The van der Waals surface area contributed by atoms with Gasteiger partial charge < -0.3 is 8.83 Å². The molecule has 0 unspecified atom stereocenters. The Morgan fingerprint density at radius 2 is 1.42 bits per heavy atom. The third kappa shape index (κ3) is 2.30. The Bertz CT molecular complexity index is 1730. The zero-order chi connectivity index (χ0) is 21.1. The van der Waals surface area contributed by atoms with Crippen LogP contribution in [0.3, 0.4) is 0 Å². The van der Waals surface area contributed by atoms with Crippen LogP contribution in [0, 0.1) is 0 Å². The largest absolute Gasteiger partial charge is 0.456 e. The molecule has 0 radical (unpaired) electrons. The first-order chi connectivity index (χ1) is 14.9. The fraction of sp³-hybridized carbons (Fsp3) is 0.185. The number of hydrogen-bond donors (Lipinski definition) is 0. The molecule has 31 heavy (non-hydrogen) atoms. The molecule has 1 aliphatic rings. The first-order valence-electron chi connectivity index (χ1n) is 10.5. The summed E-state index contributed by atoms with van der Waals surface area (Å²) in [5.74, 6) is 0. The maximum Gasteiger partial charge on any atom is 0.143 e. The van der Waals surface area contributed by atoms with Gasteiger partial charge in [0.15, 0.2) is 0 Å². The van der Waals surface area contributed by atoms with Crippen LogP contribution < -0.4 is 0 Å². The molecule has 2 aromatic heterocycles. The molecule has 4 heteroatoms. The van der Waals surface area contributed by atoms with Crippen molar-refractivity contribution in [3.63, 3.8) is 0 Å². The normalized spacial score (nSPS) is 15.7. The molecule has 2 heterocycles. The van der Waals surface area contributed by atoms with Crippen LogP contribution in [0.25, 0.3) is 54.6 Å². The van der Waals surface area contributed by atoms with E-state index in [2.05, 4.69) is 38.1 Å². The predicted molar refractivity (Wildman–Crippen MR) is 130 cm³/mol. The molecule has 0 bridgehead atoms. The fourth-order valence-electron chi connectivity index (χ4n) is 5.55. The Balaban J connectivity index is 1.77. The van der Waals surface area contributed by atoms with Crippen LogP contribution in [-0.2, 0) is 11.8 Å². The lowest BCUT2D eigenvalue weighted by Crippen LogP contribution is -2.23. The zero-order valence-electron chi connectivity index (χ0n) is 17.1. The van der Waals surface area contributed by atoms with Gasteiger partial charge in [-0.2, -0.15) is 0 Å². The van der Waals surface area contributed by atoms with Gasteiger partial charge in [-0.1, -0.05) is 37.0 Å². The molecule has 0 saturated heterocycles. The van der Waals surface area contributed by atoms with Crippen LogP contribution in [-0.4, -0.2) is 0 Å². The zero-order valence-corrected chi connectivity index (χ0v) is 18.6. The van der Waals surface area contributed by atoms with E-state index in [1.54, 1.807) is 0 Å². The molecule has 152 valence electrons. The summed E-state index contributed by atoms with van der Waals surface area (Å²) < 4.78 is 12.7. The van der Waals surface area contributed by atoms with E-state index in [-0.39, 0.29) is 5.41 Å². The highest BCUT2D eigenvalue weighted by Gasteiger charge is 2.33. The number of benzene rings is 4. The van der Waals surface area contributed by atoms with Crippen molar-refractivity contribution in [2.75, 3.05) is 0 Å². The fourth-order valence-corrected chi connectivity index (χ4v) is 5.87. The van der Waals surface area contributed by atoms with Crippen LogP contribution in [0.4, 0.5) is 0 Å². The van der Waals surface area contributed by atoms with E-state index in [1.807, 2.05) is 24.3 Å². The number of fused-ring (bicyclic) bond motifs is 8. The lowest BCUT2D eigenvalue weighted by molar-refractivity contribution is 0.478. The summed E-state index contributed by atoms with van der Waals surface area (Å²) >= 11 is 12.5. The average molecular weight is 445 g/mol. The van der Waals surface area contributed by atoms with Crippen LogP contribution in [0.2, 0.25) is 10.0 Å². The van der Waals surface area contributed by atoms with Crippen LogP contribution in [0.1, 0.15) is 31.4 Å². The standard InChI is InChI=1S/C27H18Cl2O2/c1-27(2)8-7-13-9-18-16-5-3-14(28)10-20(16)31-26(18)19-12-22-24(25(27)23(13)19)17-6-4-15(29)11-21(17)30-22/h3-6,9-12H,7-8H2,1-2H3. The second kappa shape index (κ2) is 5.76. The van der Waals surface area contributed by atoms with Crippen LogP contribution in [0.15, 0.2) is 57.4 Å². The molecule has 0 fully saturated rings. The third-order valence-electron chi connectivity index (χ3n) is 6.99. The van der Waals surface area contributed by atoms with Crippen LogP contribution in [0.5, 0.6) is 0 Å². The second-order valence-corrected chi connectivity index (χ2v) is 10.2. The number of aryl methyl sites for hydroxylation is 1. The topological polar surface area (TPSA) is 26.3 Å². The Morgan fingerprint density at radius 1 is 0.710 bits per heavy atom. The summed E-state index contributed by atoms with van der Waals surface area (Å²) in [6.45, 7) is 4.67. The van der Waals surface area contributed by atoms with Crippen LogP contribution >= 0.6 is 23.2 Å². The van der Waals surface area contributed by atoms with Gasteiger partial charge in [0.1, 0.15) is 22.3 Å². The number of furan rings is 2. The highest BCUT2D eigenvalue weighted by molar-refractivity contribution is 6.32. The molecule has 0 amide bonds. The van der Waals surface area contributed by atoms with Gasteiger partial charge >= 0.3 is 0 Å². The average Bonchev–Trinajstić information content (AvgIpc) is 3.26. The van der Waals surface area contributed by atoms with Gasteiger partial charge in [-0.05, 0) is 71.2 Å². The molecule has 2 nitrogen and oxygen atoms in total. The maximum absolute atomic E-state index is 6.39. The van der Waals surface area contributed by atoms with Gasteiger partial charge in [-0.15, -0.1) is 0 Å². The molecule has 1 aliphatic carbocycles. The van der Waals surface area contributed by atoms with E-state index in [0.717, 1.165) is 56.7 Å². The van der Waals surface area contributed by atoms with Gasteiger partial charge in [0, 0.05) is 49.1 Å². The van der Waals surface area contributed by atoms with E-state index < -0.39 is 0 Å². The van der Waals surface area contributed by atoms with Gasteiger partial charge in [-0.25, -0.2) is 0 Å². The van der Waals surface area contributed by atoms with Crippen molar-refractivity contribution in [3.8, 4) is 0 Å². The lowest BCUT2D eigenvalue weighted by Gasteiger charge is -2.33. The summed E-state index contributed by atoms with van der Waals surface area (Å²) in [5.41, 5.74) is 6.16. The summed E-state index contributed by atoms with van der Waals surface area (Å²) in [6.07, 6.45) is 2.13. The SMILES string of the molecule is CC1(C)CCc2cc3c4ccc(Cl)cc4oc3c3cc4oc5cc(Cl)ccc5c4c1c23. The maximum atomic E-state index is 6.39. The van der Waals surface area contributed by atoms with Crippen molar-refractivity contribution < 1.29 is 8.83 Å². The molecular weight excluding hydrogens is 427 g/mol. The summed E-state index contributed by atoms with van der Waals surface area (Å²) in [7, 11) is 0. The van der Waals surface area contributed by atoms with Crippen molar-refractivity contribution in [1.29, 1.82) is 0 Å². The van der Waals surface area contributed by atoms with Crippen molar-refractivity contribution in [1.82, 2.24) is 0 Å². The molecule has 7 rings (SSSR count). The molecular formula is C27H18Cl2O2. The molecule has 0 atom stereocenters. The Kier molecular flexibility index (Phi) is 3.33. The number of halogens is 2. The third-order valence-corrected chi connectivity index (χ3v) is 7.47. The minimum Gasteiger partial charge on any atom is -0.456 e. The second-order valence-electron chi connectivity index (χ2n) is 9.33.